The van der Waals surface area contributed by atoms with Gasteiger partial charge in [0.05, 0.1) is 18.8 Å². The molecule has 0 aliphatic heterocycles. The van der Waals surface area contributed by atoms with Gasteiger partial charge in [-0.1, -0.05) is 37.3 Å². The van der Waals surface area contributed by atoms with Crippen LogP contribution < -0.4 is 14.8 Å². The van der Waals surface area contributed by atoms with E-state index in [4.69, 9.17) is 14.2 Å². The molecule has 0 fully saturated rings. The molecule has 6 nitrogen and oxygen atoms in total. The lowest BCUT2D eigenvalue weighted by atomic mass is 10.2. The van der Waals surface area contributed by atoms with Crippen LogP contribution in [0.5, 0.6) is 11.5 Å². The van der Waals surface area contributed by atoms with E-state index in [2.05, 4.69) is 5.32 Å². The number of ether oxygens (including phenoxy) is 3. The van der Waals surface area contributed by atoms with E-state index in [-0.39, 0.29) is 5.91 Å². The van der Waals surface area contributed by atoms with Crippen molar-refractivity contribution in [2.45, 2.75) is 39.8 Å². The molecule has 0 aromatic heterocycles. The van der Waals surface area contributed by atoms with E-state index in [0.29, 0.717) is 43.2 Å². The van der Waals surface area contributed by atoms with Crippen molar-refractivity contribution in [3.8, 4) is 11.5 Å². The summed E-state index contributed by atoms with van der Waals surface area (Å²) < 4.78 is 16.5. The summed E-state index contributed by atoms with van der Waals surface area (Å²) >= 11 is 0. The highest BCUT2D eigenvalue weighted by Gasteiger charge is 2.22. The average Bonchev–Trinajstić information content (AvgIpc) is 2.72. The van der Waals surface area contributed by atoms with Crippen molar-refractivity contribution in [3.63, 3.8) is 0 Å². The summed E-state index contributed by atoms with van der Waals surface area (Å²) in [6, 6.07) is 14.4. The summed E-state index contributed by atoms with van der Waals surface area (Å²) in [5.74, 6) is 0.135. The highest BCUT2D eigenvalue weighted by molar-refractivity contribution is 5.93. The number of hydrogen-bond donors (Lipinski definition) is 1. The van der Waals surface area contributed by atoms with Crippen LogP contribution in [0, 0.1) is 0 Å². The van der Waals surface area contributed by atoms with E-state index in [9.17, 15) is 9.59 Å². The van der Waals surface area contributed by atoms with Crippen LogP contribution >= 0.6 is 0 Å². The maximum atomic E-state index is 12.5. The summed E-state index contributed by atoms with van der Waals surface area (Å²) in [4.78, 5) is 24.9. The van der Waals surface area contributed by atoms with E-state index in [0.717, 1.165) is 5.56 Å². The van der Waals surface area contributed by atoms with Crippen LogP contribution in [0.4, 0.5) is 0 Å². The zero-order valence-electron chi connectivity index (χ0n) is 16.6. The number of benzene rings is 2. The number of rotatable bonds is 10. The van der Waals surface area contributed by atoms with Gasteiger partial charge in [0.15, 0.2) is 17.6 Å². The molecule has 0 aliphatic carbocycles. The lowest BCUT2D eigenvalue weighted by Gasteiger charge is -2.17. The molecule has 2 aromatic rings. The molecule has 0 heterocycles. The van der Waals surface area contributed by atoms with Crippen LogP contribution in [0.3, 0.4) is 0 Å². The number of hydrogen-bond acceptors (Lipinski definition) is 5. The molecule has 28 heavy (non-hydrogen) atoms. The van der Waals surface area contributed by atoms with Crippen LogP contribution in [0.1, 0.15) is 43.1 Å². The molecule has 0 spiro atoms. The van der Waals surface area contributed by atoms with Gasteiger partial charge in [0.1, 0.15) is 0 Å². The van der Waals surface area contributed by atoms with Crippen LogP contribution in [0.2, 0.25) is 0 Å². The summed E-state index contributed by atoms with van der Waals surface area (Å²) in [7, 11) is 0. The monoisotopic (exact) mass is 385 g/mol. The summed E-state index contributed by atoms with van der Waals surface area (Å²) in [5, 5.41) is 2.80. The minimum absolute atomic E-state index is 0.307. The maximum absolute atomic E-state index is 12.5. The highest BCUT2D eigenvalue weighted by Crippen LogP contribution is 2.29. The second-order valence-corrected chi connectivity index (χ2v) is 6.03. The maximum Gasteiger partial charge on any atom is 0.339 e. The first-order valence-electron chi connectivity index (χ1n) is 9.51. The Hall–Kier alpha value is -3.02. The molecule has 150 valence electrons. The first kappa shape index (κ1) is 21.3. The lowest BCUT2D eigenvalue weighted by Crippen LogP contribution is -2.37. The Kier molecular flexibility index (Phi) is 8.34. The van der Waals surface area contributed by atoms with E-state index < -0.39 is 12.1 Å². The SMILES string of the molecule is CCOc1ccc(C(=O)OC(CC)C(=O)NCc2ccccc2)cc1OCC. The van der Waals surface area contributed by atoms with Crippen LogP contribution in [-0.4, -0.2) is 31.2 Å². The summed E-state index contributed by atoms with van der Waals surface area (Å²) in [5.41, 5.74) is 1.28. The van der Waals surface area contributed by atoms with Crippen molar-refractivity contribution in [3.05, 3.63) is 59.7 Å². The number of amides is 1. The molecule has 1 unspecified atom stereocenters. The molecular formula is C22H27NO5. The number of nitrogens with one attached hydrogen (secondary N) is 1. The van der Waals surface area contributed by atoms with Crippen LogP contribution in [-0.2, 0) is 16.1 Å². The number of esters is 1. The molecular weight excluding hydrogens is 358 g/mol. The highest BCUT2D eigenvalue weighted by atomic mass is 16.5. The van der Waals surface area contributed by atoms with Gasteiger partial charge in [-0.2, -0.15) is 0 Å². The Morgan fingerprint density at radius 3 is 2.25 bits per heavy atom. The van der Waals surface area contributed by atoms with Crippen molar-refractivity contribution in [2.24, 2.45) is 0 Å². The standard InChI is InChI=1S/C22H27NO5/c1-4-18(21(24)23-15-16-10-8-7-9-11-16)28-22(25)17-12-13-19(26-5-2)20(14-17)27-6-3/h7-14,18H,4-6,15H2,1-3H3,(H,23,24). The van der Waals surface area contributed by atoms with Gasteiger partial charge in [-0.15, -0.1) is 0 Å². The first-order chi connectivity index (χ1) is 13.6. The Labute approximate surface area is 165 Å². The predicted molar refractivity (Wildman–Crippen MR) is 107 cm³/mol. The minimum atomic E-state index is -0.863. The third kappa shape index (κ3) is 6.01. The Bertz CT molecular complexity index is 776. The molecule has 2 aromatic carbocycles. The van der Waals surface area contributed by atoms with Crippen molar-refractivity contribution in [1.29, 1.82) is 0 Å². The van der Waals surface area contributed by atoms with E-state index in [1.54, 1.807) is 25.1 Å². The van der Waals surface area contributed by atoms with Gasteiger partial charge in [0.25, 0.3) is 5.91 Å². The van der Waals surface area contributed by atoms with Crippen LogP contribution in [0.15, 0.2) is 48.5 Å². The smallest absolute Gasteiger partial charge is 0.339 e. The normalized spacial score (nSPS) is 11.4. The third-order valence-corrected chi connectivity index (χ3v) is 4.00. The van der Waals surface area contributed by atoms with Gasteiger partial charge in [0.2, 0.25) is 0 Å². The fraction of sp³-hybridized carbons (Fsp3) is 0.364. The Balaban J connectivity index is 2.02. The van der Waals surface area contributed by atoms with Crippen molar-refractivity contribution in [2.75, 3.05) is 13.2 Å². The molecule has 0 saturated heterocycles. The van der Waals surface area contributed by atoms with Gasteiger partial charge in [-0.25, -0.2) is 4.79 Å². The second-order valence-electron chi connectivity index (χ2n) is 6.03. The second kappa shape index (κ2) is 11.0. The lowest BCUT2D eigenvalue weighted by molar-refractivity contribution is -0.130. The topological polar surface area (TPSA) is 73.9 Å². The molecule has 2 rings (SSSR count). The molecule has 1 N–H and O–H groups in total. The molecule has 0 bridgehead atoms. The molecule has 6 heteroatoms. The fourth-order valence-electron chi connectivity index (χ4n) is 2.60. The summed E-state index contributed by atoms with van der Waals surface area (Å²) in [6.07, 6.45) is -0.486. The van der Waals surface area contributed by atoms with Gasteiger partial charge in [0, 0.05) is 6.54 Å². The van der Waals surface area contributed by atoms with E-state index in [1.807, 2.05) is 44.2 Å². The zero-order valence-corrected chi connectivity index (χ0v) is 16.6. The summed E-state index contributed by atoms with van der Waals surface area (Å²) in [6.45, 7) is 6.83. The minimum Gasteiger partial charge on any atom is -0.490 e. The fourth-order valence-corrected chi connectivity index (χ4v) is 2.60. The van der Waals surface area contributed by atoms with Crippen LogP contribution in [0.25, 0.3) is 0 Å². The number of carbonyl (C=O) groups excluding carboxylic acids is 2. The van der Waals surface area contributed by atoms with Gasteiger partial charge in [-0.3, -0.25) is 4.79 Å². The number of carbonyl (C=O) groups is 2. The Morgan fingerprint density at radius 2 is 1.61 bits per heavy atom. The molecule has 0 aliphatic rings. The molecule has 0 radical (unpaired) electrons. The predicted octanol–water partition coefficient (Wildman–Crippen LogP) is 3.74. The van der Waals surface area contributed by atoms with E-state index >= 15 is 0 Å². The van der Waals surface area contributed by atoms with Gasteiger partial charge in [-0.05, 0) is 44.0 Å². The van der Waals surface area contributed by atoms with Gasteiger partial charge < -0.3 is 19.5 Å². The molecule has 1 amide bonds. The van der Waals surface area contributed by atoms with Gasteiger partial charge >= 0.3 is 5.97 Å². The van der Waals surface area contributed by atoms with Crippen molar-refractivity contribution < 1.29 is 23.8 Å². The molecule has 1 atom stereocenters. The quantitative estimate of drug-likeness (QED) is 0.631. The largest absolute Gasteiger partial charge is 0.490 e. The first-order valence-corrected chi connectivity index (χ1v) is 9.51. The average molecular weight is 385 g/mol. The zero-order chi connectivity index (χ0) is 20.4. The Morgan fingerprint density at radius 1 is 0.929 bits per heavy atom. The van der Waals surface area contributed by atoms with Crippen molar-refractivity contribution in [1.82, 2.24) is 5.32 Å². The molecule has 0 saturated carbocycles. The third-order valence-electron chi connectivity index (χ3n) is 4.00. The van der Waals surface area contributed by atoms with E-state index in [1.165, 1.54) is 0 Å². The van der Waals surface area contributed by atoms with Crippen molar-refractivity contribution >= 4 is 11.9 Å².